The monoisotopic (exact) mass is 502 g/mol. The Labute approximate surface area is 182 Å². The maximum absolute atomic E-state index is 12.6. The van der Waals surface area contributed by atoms with E-state index >= 15 is 0 Å². The van der Waals surface area contributed by atoms with Crippen molar-refractivity contribution < 1.29 is 4.79 Å². The number of hydrogen-bond donors (Lipinski definition) is 2. The molecular weight excluding hydrogens is 480 g/mol. The third-order valence-corrected chi connectivity index (χ3v) is 8.50. The first-order chi connectivity index (χ1) is 13.4. The van der Waals surface area contributed by atoms with Gasteiger partial charge in [0.05, 0.1) is 5.69 Å². The van der Waals surface area contributed by atoms with E-state index in [1.165, 1.54) is 44.1 Å². The van der Waals surface area contributed by atoms with E-state index in [-0.39, 0.29) is 5.91 Å². The highest BCUT2D eigenvalue weighted by Gasteiger charge is 2.51. The Morgan fingerprint density at radius 2 is 1.57 bits per heavy atom. The van der Waals surface area contributed by atoms with Gasteiger partial charge in [-0.05, 0) is 129 Å². The summed E-state index contributed by atoms with van der Waals surface area (Å²) in [7, 11) is 0. The summed E-state index contributed by atoms with van der Waals surface area (Å²) in [6.45, 7) is 0. The molecule has 5 heteroatoms. The molecule has 146 valence electrons. The summed E-state index contributed by atoms with van der Waals surface area (Å²) in [4.78, 5) is 12.6. The van der Waals surface area contributed by atoms with Crippen molar-refractivity contribution in [2.24, 2.45) is 17.8 Å². The van der Waals surface area contributed by atoms with E-state index in [4.69, 9.17) is 5.73 Å². The summed E-state index contributed by atoms with van der Waals surface area (Å²) in [6, 6.07) is 11.8. The third kappa shape index (κ3) is 3.21. The molecule has 3 nitrogen and oxygen atoms in total. The molecule has 4 aliphatic rings. The molecule has 4 saturated carbocycles. The normalized spacial score (nSPS) is 30.4. The SMILES string of the molecule is Nc1cc(C(=O)Nc2ccc(C34CC5CC(CC(C5)C3)C4)cc2Br)ccc1Br. The Hall–Kier alpha value is -1.33. The number of nitrogens with one attached hydrogen (secondary N) is 1. The van der Waals surface area contributed by atoms with Crippen molar-refractivity contribution in [3.05, 3.63) is 56.5 Å². The topological polar surface area (TPSA) is 55.1 Å². The van der Waals surface area contributed by atoms with Crippen molar-refractivity contribution in [1.29, 1.82) is 0 Å². The van der Waals surface area contributed by atoms with Crippen LogP contribution in [0.5, 0.6) is 0 Å². The average molecular weight is 504 g/mol. The molecule has 2 aromatic carbocycles. The molecule has 4 aliphatic carbocycles. The molecule has 4 bridgehead atoms. The molecule has 0 radical (unpaired) electrons. The first-order valence-corrected chi connectivity index (χ1v) is 11.7. The second-order valence-corrected chi connectivity index (χ2v) is 10.8. The van der Waals surface area contributed by atoms with Crippen molar-refractivity contribution >= 4 is 49.1 Å². The zero-order valence-electron chi connectivity index (χ0n) is 15.7. The number of anilines is 2. The van der Waals surface area contributed by atoms with Gasteiger partial charge in [0.2, 0.25) is 0 Å². The van der Waals surface area contributed by atoms with Crippen LogP contribution in [0.25, 0.3) is 0 Å². The number of halogens is 2. The predicted molar refractivity (Wildman–Crippen MR) is 120 cm³/mol. The van der Waals surface area contributed by atoms with E-state index in [2.05, 4.69) is 55.4 Å². The van der Waals surface area contributed by atoms with Crippen LogP contribution in [0.1, 0.15) is 54.4 Å². The van der Waals surface area contributed by atoms with Gasteiger partial charge < -0.3 is 11.1 Å². The van der Waals surface area contributed by atoms with Crippen LogP contribution in [0.15, 0.2) is 45.3 Å². The minimum absolute atomic E-state index is 0.151. The second kappa shape index (κ2) is 6.88. The van der Waals surface area contributed by atoms with E-state index < -0.39 is 0 Å². The van der Waals surface area contributed by atoms with Crippen LogP contribution in [0.3, 0.4) is 0 Å². The quantitative estimate of drug-likeness (QED) is 0.468. The van der Waals surface area contributed by atoms with Gasteiger partial charge in [0.15, 0.2) is 0 Å². The van der Waals surface area contributed by atoms with Gasteiger partial charge in [-0.25, -0.2) is 0 Å². The number of nitrogen functional groups attached to an aromatic ring is 1. The molecule has 1 amide bonds. The number of benzene rings is 2. The van der Waals surface area contributed by atoms with Crippen molar-refractivity contribution in [3.63, 3.8) is 0 Å². The fourth-order valence-corrected chi connectivity index (χ4v) is 7.01. The van der Waals surface area contributed by atoms with Gasteiger partial charge in [-0.2, -0.15) is 0 Å². The van der Waals surface area contributed by atoms with Gasteiger partial charge >= 0.3 is 0 Å². The molecule has 2 aromatic rings. The van der Waals surface area contributed by atoms with E-state index in [1.54, 1.807) is 18.2 Å². The predicted octanol–water partition coefficient (Wildman–Crippen LogP) is 6.51. The number of hydrogen-bond acceptors (Lipinski definition) is 2. The number of nitrogens with two attached hydrogens (primary N) is 1. The van der Waals surface area contributed by atoms with E-state index in [0.717, 1.165) is 32.4 Å². The maximum atomic E-state index is 12.6. The number of carbonyl (C=O) groups is 1. The molecule has 4 fully saturated rings. The van der Waals surface area contributed by atoms with Gasteiger partial charge in [0.1, 0.15) is 0 Å². The Kier molecular flexibility index (Phi) is 4.59. The summed E-state index contributed by atoms with van der Waals surface area (Å²) < 4.78 is 1.75. The summed E-state index contributed by atoms with van der Waals surface area (Å²) >= 11 is 7.07. The van der Waals surface area contributed by atoms with Gasteiger partial charge in [-0.1, -0.05) is 6.07 Å². The molecule has 0 atom stereocenters. The van der Waals surface area contributed by atoms with E-state index in [9.17, 15) is 4.79 Å². The molecule has 6 rings (SSSR count). The Balaban J connectivity index is 1.38. The van der Waals surface area contributed by atoms with Crippen LogP contribution in [0.2, 0.25) is 0 Å². The molecule has 3 N–H and O–H groups in total. The highest BCUT2D eigenvalue weighted by molar-refractivity contribution is 9.11. The fraction of sp³-hybridized carbons (Fsp3) is 0.435. The molecule has 0 heterocycles. The van der Waals surface area contributed by atoms with Gasteiger partial charge in [-0.3, -0.25) is 4.79 Å². The molecule has 0 aromatic heterocycles. The Morgan fingerprint density at radius 3 is 2.14 bits per heavy atom. The second-order valence-electron chi connectivity index (χ2n) is 9.08. The maximum Gasteiger partial charge on any atom is 0.255 e. The molecule has 0 aliphatic heterocycles. The van der Waals surface area contributed by atoms with Crippen molar-refractivity contribution in [2.75, 3.05) is 11.1 Å². The third-order valence-electron chi connectivity index (χ3n) is 7.13. The summed E-state index contributed by atoms with van der Waals surface area (Å²) in [6.07, 6.45) is 8.38. The highest BCUT2D eigenvalue weighted by atomic mass is 79.9. The minimum atomic E-state index is -0.151. The van der Waals surface area contributed by atoms with Gasteiger partial charge in [-0.15, -0.1) is 0 Å². The fourth-order valence-electron chi connectivity index (χ4n) is 6.29. The molecule has 28 heavy (non-hydrogen) atoms. The Morgan fingerprint density at radius 1 is 0.929 bits per heavy atom. The molecular formula is C23H24Br2N2O. The van der Waals surface area contributed by atoms with Gasteiger partial charge in [0.25, 0.3) is 5.91 Å². The Bertz CT molecular complexity index is 920. The molecule has 0 unspecified atom stereocenters. The number of rotatable bonds is 3. The molecule has 0 saturated heterocycles. The minimum Gasteiger partial charge on any atom is -0.398 e. The lowest BCUT2D eigenvalue weighted by molar-refractivity contribution is -0.00520. The van der Waals surface area contributed by atoms with Crippen LogP contribution in [-0.2, 0) is 5.41 Å². The van der Waals surface area contributed by atoms with Crippen LogP contribution in [0, 0.1) is 17.8 Å². The average Bonchev–Trinajstić information content (AvgIpc) is 2.64. The van der Waals surface area contributed by atoms with E-state index in [0.29, 0.717) is 16.7 Å². The van der Waals surface area contributed by atoms with Crippen LogP contribution >= 0.6 is 31.9 Å². The first kappa shape index (κ1) is 18.7. The summed E-state index contributed by atoms with van der Waals surface area (Å²) in [5, 5.41) is 3.02. The zero-order chi connectivity index (χ0) is 19.5. The lowest BCUT2D eigenvalue weighted by Gasteiger charge is -2.57. The number of carbonyl (C=O) groups excluding carboxylic acids is 1. The standard InChI is InChI=1S/C23H24Br2N2O/c24-18-3-1-16(8-20(18)26)22(28)27-21-4-2-17(9-19(21)25)23-10-13-5-14(11-23)7-15(6-13)12-23/h1-4,8-9,13-15H,5-7,10-12,26H2,(H,27,28). The first-order valence-electron chi connectivity index (χ1n) is 10.1. The van der Waals surface area contributed by atoms with Crippen molar-refractivity contribution in [3.8, 4) is 0 Å². The van der Waals surface area contributed by atoms with Crippen LogP contribution in [-0.4, -0.2) is 5.91 Å². The highest BCUT2D eigenvalue weighted by Crippen LogP contribution is 2.61. The number of amides is 1. The lowest BCUT2D eigenvalue weighted by Crippen LogP contribution is -2.48. The summed E-state index contributed by atoms with van der Waals surface area (Å²) in [5.41, 5.74) is 9.64. The summed E-state index contributed by atoms with van der Waals surface area (Å²) in [5.74, 6) is 2.62. The van der Waals surface area contributed by atoms with E-state index in [1.807, 2.05) is 0 Å². The zero-order valence-corrected chi connectivity index (χ0v) is 18.9. The van der Waals surface area contributed by atoms with Crippen LogP contribution in [0.4, 0.5) is 11.4 Å². The lowest BCUT2D eigenvalue weighted by atomic mass is 9.48. The van der Waals surface area contributed by atoms with Gasteiger partial charge in [0, 0.05) is 20.2 Å². The van der Waals surface area contributed by atoms with Crippen molar-refractivity contribution in [2.45, 2.75) is 43.9 Å². The van der Waals surface area contributed by atoms with Crippen molar-refractivity contribution in [1.82, 2.24) is 0 Å². The van der Waals surface area contributed by atoms with Crippen LogP contribution < -0.4 is 11.1 Å². The molecule has 0 spiro atoms. The largest absolute Gasteiger partial charge is 0.398 e. The smallest absolute Gasteiger partial charge is 0.255 e.